The van der Waals surface area contributed by atoms with Crippen LogP contribution in [0.25, 0.3) is 0 Å². The topological polar surface area (TPSA) is 80.9 Å². The summed E-state index contributed by atoms with van der Waals surface area (Å²) in [4.78, 5) is 15.9. The Morgan fingerprint density at radius 2 is 2.39 bits per heavy atom. The van der Waals surface area contributed by atoms with Crippen LogP contribution in [0.2, 0.25) is 0 Å². The molecule has 0 spiro atoms. The van der Waals surface area contributed by atoms with E-state index in [0.29, 0.717) is 22.7 Å². The molecule has 18 heavy (non-hydrogen) atoms. The van der Waals surface area contributed by atoms with Gasteiger partial charge in [-0.25, -0.2) is 0 Å². The van der Waals surface area contributed by atoms with Crippen LogP contribution in [0.3, 0.4) is 0 Å². The average Bonchev–Trinajstić information content (AvgIpc) is 2.81. The maximum atomic E-state index is 11.6. The Hall–Kier alpha value is -0.310. The van der Waals surface area contributed by atoms with Gasteiger partial charge in [0.05, 0.1) is 5.75 Å². The molecular formula is C10H18N4OS3. The zero-order valence-electron chi connectivity index (χ0n) is 10.5. The van der Waals surface area contributed by atoms with Crippen molar-refractivity contribution in [3.8, 4) is 0 Å². The van der Waals surface area contributed by atoms with E-state index in [4.69, 9.17) is 5.73 Å². The monoisotopic (exact) mass is 306 g/mol. The molecule has 1 unspecified atom stereocenters. The first-order chi connectivity index (χ1) is 8.65. The molecule has 102 valence electrons. The number of nitrogens with two attached hydrogens (primary N) is 1. The van der Waals surface area contributed by atoms with Gasteiger partial charge in [0.2, 0.25) is 16.2 Å². The van der Waals surface area contributed by atoms with Gasteiger partial charge >= 0.3 is 0 Å². The van der Waals surface area contributed by atoms with E-state index in [1.807, 2.05) is 6.92 Å². The third kappa shape index (κ3) is 6.03. The minimum atomic E-state index is -0.0523. The van der Waals surface area contributed by atoms with E-state index in [1.54, 1.807) is 11.8 Å². The van der Waals surface area contributed by atoms with Gasteiger partial charge in [0.25, 0.3) is 0 Å². The van der Waals surface area contributed by atoms with Crippen molar-refractivity contribution in [1.82, 2.24) is 9.36 Å². The zero-order chi connectivity index (χ0) is 13.4. The molecule has 0 aliphatic heterocycles. The minimum Gasteiger partial charge on any atom is -0.329 e. The third-order valence-electron chi connectivity index (χ3n) is 1.92. The van der Waals surface area contributed by atoms with Crippen LogP contribution in [0.5, 0.6) is 0 Å². The highest BCUT2D eigenvalue weighted by Crippen LogP contribution is 2.20. The van der Waals surface area contributed by atoms with Crippen LogP contribution in [0.1, 0.15) is 20.3 Å². The first-order valence-electron chi connectivity index (χ1n) is 5.73. The molecule has 0 bridgehead atoms. The molecule has 1 amide bonds. The number of nitrogens with zero attached hydrogens (tertiary/aromatic N) is 2. The lowest BCUT2D eigenvalue weighted by molar-refractivity contribution is -0.113. The first-order valence-corrected chi connectivity index (χ1v) is 8.54. The highest BCUT2D eigenvalue weighted by molar-refractivity contribution is 8.00. The lowest BCUT2D eigenvalue weighted by Gasteiger charge is -2.06. The Bertz CT molecular complexity index is 372. The van der Waals surface area contributed by atoms with E-state index in [-0.39, 0.29) is 5.91 Å². The van der Waals surface area contributed by atoms with E-state index >= 15 is 0 Å². The van der Waals surface area contributed by atoms with Crippen molar-refractivity contribution in [2.75, 3.05) is 23.4 Å². The van der Waals surface area contributed by atoms with E-state index in [1.165, 1.54) is 23.3 Å². The number of carbonyl (C=O) groups is 1. The molecule has 1 rings (SSSR count). The van der Waals surface area contributed by atoms with Crippen molar-refractivity contribution >= 4 is 46.1 Å². The van der Waals surface area contributed by atoms with E-state index in [2.05, 4.69) is 21.6 Å². The fraction of sp³-hybridized carbons (Fsp3) is 0.700. The van der Waals surface area contributed by atoms with Crippen LogP contribution < -0.4 is 11.1 Å². The molecule has 0 radical (unpaired) electrons. The normalized spacial score (nSPS) is 12.4. The highest BCUT2D eigenvalue weighted by atomic mass is 32.2. The fourth-order valence-electron chi connectivity index (χ4n) is 0.954. The largest absolute Gasteiger partial charge is 0.329 e. The van der Waals surface area contributed by atoms with Crippen LogP contribution in [0.4, 0.5) is 5.13 Å². The molecule has 5 nitrogen and oxygen atoms in total. The molecule has 0 aromatic carbocycles. The number of hydrogen-bond donors (Lipinski definition) is 2. The quantitative estimate of drug-likeness (QED) is 0.716. The Labute approximate surface area is 120 Å². The number of rotatable bonds is 8. The summed E-state index contributed by atoms with van der Waals surface area (Å²) in [5.41, 5.74) is 5.49. The van der Waals surface area contributed by atoms with Crippen LogP contribution in [0.15, 0.2) is 5.16 Å². The second-order valence-corrected chi connectivity index (χ2v) is 6.88. The summed E-state index contributed by atoms with van der Waals surface area (Å²) in [7, 11) is 0. The molecule has 3 N–H and O–H groups in total. The van der Waals surface area contributed by atoms with Gasteiger partial charge in [-0.05, 0) is 6.42 Å². The number of carbonyl (C=O) groups excluding carboxylic acids is 1. The van der Waals surface area contributed by atoms with Crippen LogP contribution in [-0.4, -0.2) is 38.6 Å². The summed E-state index contributed by atoms with van der Waals surface area (Å²) in [5, 5.41) is 4.35. The summed E-state index contributed by atoms with van der Waals surface area (Å²) in [6.07, 6.45) is 1.08. The van der Waals surface area contributed by atoms with E-state index in [0.717, 1.165) is 17.3 Å². The van der Waals surface area contributed by atoms with Crippen molar-refractivity contribution in [1.29, 1.82) is 0 Å². The van der Waals surface area contributed by atoms with Crippen LogP contribution >= 0.6 is 35.1 Å². The maximum Gasteiger partial charge on any atom is 0.236 e. The molecule has 0 aliphatic rings. The second kappa shape index (κ2) is 8.73. The predicted molar refractivity (Wildman–Crippen MR) is 80.5 cm³/mol. The van der Waals surface area contributed by atoms with Crippen LogP contribution in [-0.2, 0) is 4.79 Å². The molecule has 8 heteroatoms. The predicted octanol–water partition coefficient (Wildman–Crippen LogP) is 2.06. The van der Waals surface area contributed by atoms with Gasteiger partial charge in [0.1, 0.15) is 0 Å². The Morgan fingerprint density at radius 1 is 1.61 bits per heavy atom. The smallest absolute Gasteiger partial charge is 0.236 e. The standard InChI is InChI=1S/C10H18N4OS3/c1-3-4-16-10-13-9(18-14-10)12-8(15)6-17-7(2)5-11/h7H,3-6,11H2,1-2H3,(H,12,13,14,15). The van der Waals surface area contributed by atoms with Crippen molar-refractivity contribution in [2.45, 2.75) is 30.7 Å². The summed E-state index contributed by atoms with van der Waals surface area (Å²) in [5.74, 6) is 1.34. The zero-order valence-corrected chi connectivity index (χ0v) is 13.0. The molecule has 0 fully saturated rings. The molecule has 0 saturated heterocycles. The number of anilines is 1. The number of aromatic nitrogens is 2. The Balaban J connectivity index is 2.33. The Morgan fingerprint density at radius 3 is 3.06 bits per heavy atom. The summed E-state index contributed by atoms with van der Waals surface area (Å²) >= 11 is 4.36. The summed E-state index contributed by atoms with van der Waals surface area (Å²) in [6.45, 7) is 4.69. The molecule has 0 saturated carbocycles. The minimum absolute atomic E-state index is 0.0523. The SMILES string of the molecule is CCCSc1nsc(NC(=O)CSC(C)CN)n1. The van der Waals surface area contributed by atoms with Crippen molar-refractivity contribution < 1.29 is 4.79 Å². The van der Waals surface area contributed by atoms with E-state index in [9.17, 15) is 4.79 Å². The molecule has 1 aromatic heterocycles. The number of nitrogens with one attached hydrogen (secondary N) is 1. The first kappa shape index (κ1) is 15.7. The van der Waals surface area contributed by atoms with E-state index < -0.39 is 0 Å². The van der Waals surface area contributed by atoms with Crippen molar-refractivity contribution in [3.05, 3.63) is 0 Å². The Kier molecular flexibility index (Phi) is 7.64. The van der Waals surface area contributed by atoms with Crippen LogP contribution in [0, 0.1) is 0 Å². The fourth-order valence-corrected chi connectivity index (χ4v) is 3.01. The summed E-state index contributed by atoms with van der Waals surface area (Å²) in [6, 6.07) is 0. The van der Waals surface area contributed by atoms with Gasteiger partial charge < -0.3 is 5.73 Å². The van der Waals surface area contributed by atoms with Gasteiger partial charge in [-0.2, -0.15) is 9.36 Å². The third-order valence-corrected chi connectivity index (χ3v) is 4.91. The van der Waals surface area contributed by atoms with Crippen molar-refractivity contribution in [3.63, 3.8) is 0 Å². The number of amides is 1. The molecule has 1 aromatic rings. The molecule has 1 atom stereocenters. The molecule has 0 aliphatic carbocycles. The lowest BCUT2D eigenvalue weighted by atomic mass is 10.5. The average molecular weight is 306 g/mol. The maximum absolute atomic E-state index is 11.6. The summed E-state index contributed by atoms with van der Waals surface area (Å²) < 4.78 is 4.17. The number of thioether (sulfide) groups is 2. The van der Waals surface area contributed by atoms with Gasteiger partial charge in [-0.15, -0.1) is 11.8 Å². The van der Waals surface area contributed by atoms with Gasteiger partial charge in [-0.1, -0.05) is 25.6 Å². The molecular weight excluding hydrogens is 288 g/mol. The van der Waals surface area contributed by atoms with Gasteiger partial charge in [0, 0.05) is 29.1 Å². The van der Waals surface area contributed by atoms with Gasteiger partial charge in [-0.3, -0.25) is 10.1 Å². The number of hydrogen-bond acceptors (Lipinski definition) is 7. The second-order valence-electron chi connectivity index (χ2n) is 3.64. The molecule has 1 heterocycles. The van der Waals surface area contributed by atoms with Gasteiger partial charge in [0.15, 0.2) is 0 Å². The highest BCUT2D eigenvalue weighted by Gasteiger charge is 2.09. The van der Waals surface area contributed by atoms with Crippen molar-refractivity contribution in [2.24, 2.45) is 5.73 Å². The lowest BCUT2D eigenvalue weighted by Crippen LogP contribution is -2.19.